The molecule has 4 rings (SSSR count). The van der Waals surface area contributed by atoms with Gasteiger partial charge in [0.25, 0.3) is 11.8 Å². The summed E-state index contributed by atoms with van der Waals surface area (Å²) in [4.78, 5) is 62.4. The Morgan fingerprint density at radius 2 is 2.10 bits per heavy atom. The third kappa shape index (κ3) is 6.50. The highest BCUT2D eigenvalue weighted by atomic mass is 32.2. The van der Waals surface area contributed by atoms with Crippen LogP contribution in [0.5, 0.6) is 0 Å². The molecule has 16 heteroatoms. The van der Waals surface area contributed by atoms with Crippen molar-refractivity contribution >= 4 is 69.5 Å². The first kappa shape index (κ1) is 29.2. The summed E-state index contributed by atoms with van der Waals surface area (Å²) in [6, 6.07) is -0.927. The molecular weight excluding hydrogens is 570 g/mol. The number of hydrogen-bond donors (Lipinski definition) is 2. The van der Waals surface area contributed by atoms with Crippen molar-refractivity contribution in [3.05, 3.63) is 21.7 Å². The number of fused-ring (bicyclic) bond motifs is 1. The van der Waals surface area contributed by atoms with Gasteiger partial charge >= 0.3 is 11.9 Å². The van der Waals surface area contributed by atoms with Gasteiger partial charge in [0, 0.05) is 27.9 Å². The number of oxime groups is 1. The third-order valence-corrected chi connectivity index (χ3v) is 9.23. The number of anilines is 1. The van der Waals surface area contributed by atoms with Crippen LogP contribution >= 0.6 is 34.9 Å². The Hall–Kier alpha value is -2.82. The van der Waals surface area contributed by atoms with Crippen molar-refractivity contribution in [2.24, 2.45) is 10.6 Å². The second kappa shape index (κ2) is 12.1. The number of rotatable bonds is 9. The predicted octanol–water partition coefficient (Wildman–Crippen LogP) is 1.30. The number of aromatic nitrogens is 1. The van der Waals surface area contributed by atoms with E-state index in [1.807, 2.05) is 0 Å². The lowest BCUT2D eigenvalue weighted by atomic mass is 9.98. The summed E-state index contributed by atoms with van der Waals surface area (Å²) >= 11 is 4.01. The first-order valence-electron chi connectivity index (χ1n) is 11.9. The van der Waals surface area contributed by atoms with Crippen LogP contribution in [0.1, 0.15) is 32.9 Å². The lowest BCUT2D eigenvalue weighted by molar-refractivity contribution is -0.173. The van der Waals surface area contributed by atoms with Crippen molar-refractivity contribution in [1.82, 2.24) is 15.2 Å². The average Bonchev–Trinajstić information content (AvgIpc) is 3.56. The molecular formula is C23H29N5O8S3. The Morgan fingerprint density at radius 1 is 1.33 bits per heavy atom. The van der Waals surface area contributed by atoms with E-state index in [0.717, 1.165) is 17.8 Å². The lowest BCUT2D eigenvalue weighted by Crippen LogP contribution is -2.71. The fourth-order valence-corrected chi connectivity index (χ4v) is 7.09. The zero-order valence-corrected chi connectivity index (χ0v) is 24.2. The number of β-lactam (4-membered cyclic amide) rings is 1. The van der Waals surface area contributed by atoms with E-state index in [9.17, 15) is 19.2 Å². The molecule has 3 N–H and O–H groups in total. The minimum atomic E-state index is -0.927. The van der Waals surface area contributed by atoms with E-state index in [4.69, 9.17) is 24.8 Å². The van der Waals surface area contributed by atoms with Crippen molar-refractivity contribution in [1.29, 1.82) is 0 Å². The summed E-state index contributed by atoms with van der Waals surface area (Å²) in [5.74, 6) is -2.07. The van der Waals surface area contributed by atoms with E-state index in [1.165, 1.54) is 35.5 Å². The molecule has 1 aromatic heterocycles. The van der Waals surface area contributed by atoms with Crippen molar-refractivity contribution in [3.63, 3.8) is 0 Å². The Labute approximate surface area is 237 Å². The van der Waals surface area contributed by atoms with Gasteiger partial charge < -0.3 is 30.1 Å². The molecule has 3 aliphatic rings. The highest BCUT2D eigenvalue weighted by Crippen LogP contribution is 2.45. The smallest absolute Gasteiger partial charge is 0.358 e. The number of nitrogen functional groups attached to an aromatic ring is 1. The first-order valence-corrected chi connectivity index (χ1v) is 14.7. The molecule has 2 fully saturated rings. The van der Waals surface area contributed by atoms with Gasteiger partial charge in [-0.1, -0.05) is 5.16 Å². The molecule has 0 spiro atoms. The number of thiazole rings is 1. The molecule has 3 atom stereocenters. The van der Waals surface area contributed by atoms with Crippen LogP contribution in [0.4, 0.5) is 5.13 Å². The fourth-order valence-electron chi connectivity index (χ4n) is 3.80. The molecule has 0 bridgehead atoms. The van der Waals surface area contributed by atoms with Crippen molar-refractivity contribution in [2.75, 3.05) is 38.6 Å². The molecule has 1 aromatic rings. The van der Waals surface area contributed by atoms with Gasteiger partial charge in [-0.25, -0.2) is 9.78 Å². The molecule has 3 aliphatic heterocycles. The summed E-state index contributed by atoms with van der Waals surface area (Å²) in [5.41, 5.74) is 5.07. The fraction of sp³-hybridized carbons (Fsp3) is 0.565. The number of nitrogens with two attached hydrogens (primary N) is 1. The Bertz CT molecular complexity index is 1200. The van der Waals surface area contributed by atoms with Crippen LogP contribution in [0, 0.1) is 5.41 Å². The van der Waals surface area contributed by atoms with Crippen LogP contribution in [0.25, 0.3) is 0 Å². The highest BCUT2D eigenvalue weighted by molar-refractivity contribution is 8.06. The topological polar surface area (TPSA) is 172 Å². The summed E-state index contributed by atoms with van der Waals surface area (Å²) < 4.78 is 15.8. The second-order valence-corrected chi connectivity index (χ2v) is 13.1. The molecule has 0 aromatic carbocycles. The first-order chi connectivity index (χ1) is 18.5. The molecule has 39 heavy (non-hydrogen) atoms. The van der Waals surface area contributed by atoms with Crippen LogP contribution in [-0.2, 0) is 38.2 Å². The van der Waals surface area contributed by atoms with Crippen LogP contribution < -0.4 is 11.1 Å². The SMILES string of the molecule is CON=C(C(=O)NC1C(=O)N2C(C(=O)OCOC(=O)C(C)(C)C)=C(SC3CCOC3)CS[C@@H]12)c1csc(N)n1. The van der Waals surface area contributed by atoms with Crippen molar-refractivity contribution in [2.45, 2.75) is 43.9 Å². The number of thioether (sulfide) groups is 2. The van der Waals surface area contributed by atoms with E-state index in [0.29, 0.717) is 23.9 Å². The number of hydrogen-bond acceptors (Lipinski definition) is 14. The summed E-state index contributed by atoms with van der Waals surface area (Å²) in [7, 11) is 1.28. The Morgan fingerprint density at radius 3 is 2.72 bits per heavy atom. The maximum absolute atomic E-state index is 13.3. The van der Waals surface area contributed by atoms with E-state index in [2.05, 4.69) is 15.5 Å². The molecule has 13 nitrogen and oxygen atoms in total. The molecule has 212 valence electrons. The van der Waals surface area contributed by atoms with Gasteiger partial charge in [0.15, 0.2) is 10.8 Å². The Kier molecular flexibility index (Phi) is 9.08. The van der Waals surface area contributed by atoms with Crippen molar-refractivity contribution in [3.8, 4) is 0 Å². The molecule has 4 heterocycles. The second-order valence-electron chi connectivity index (χ2n) is 9.66. The number of esters is 2. The number of amides is 2. The molecule has 2 saturated heterocycles. The van der Waals surface area contributed by atoms with Gasteiger partial charge in [-0.05, 0) is 27.2 Å². The van der Waals surface area contributed by atoms with Crippen LogP contribution in [-0.4, -0.2) is 88.9 Å². The molecule has 0 saturated carbocycles. The molecule has 2 amide bonds. The highest BCUT2D eigenvalue weighted by Gasteiger charge is 2.55. The summed E-state index contributed by atoms with van der Waals surface area (Å²) in [5, 5.41) is 7.78. The average molecular weight is 600 g/mol. The largest absolute Gasteiger partial charge is 0.427 e. The molecule has 0 radical (unpaired) electrons. The summed E-state index contributed by atoms with van der Waals surface area (Å²) in [6.07, 6.45) is 0.809. The minimum Gasteiger partial charge on any atom is -0.427 e. The number of carbonyl (C=O) groups is 4. The maximum Gasteiger partial charge on any atom is 0.358 e. The third-order valence-electron chi connectivity index (χ3n) is 5.76. The number of nitrogens with zero attached hydrogens (tertiary/aromatic N) is 3. The van der Waals surface area contributed by atoms with E-state index >= 15 is 0 Å². The standard InChI is InChI=1S/C23H29N5O8S3/c1-23(2,3)21(32)36-10-35-20(31)16-13(39-11-5-6-34-7-11)9-37-19-15(18(30)28(16)19)26-17(29)14(27-33-4)12-8-38-22(24)25-12/h8,11,15,19H,5-7,9-10H2,1-4H3,(H2,24,25)(H,26,29)/t11?,15?,19-/m0/s1. The number of nitrogens with one attached hydrogen (secondary N) is 1. The van der Waals surface area contributed by atoms with E-state index in [-0.39, 0.29) is 27.5 Å². The monoisotopic (exact) mass is 599 g/mol. The zero-order valence-electron chi connectivity index (χ0n) is 21.8. The van der Waals surface area contributed by atoms with Gasteiger partial charge in [0.05, 0.1) is 12.0 Å². The summed E-state index contributed by atoms with van der Waals surface area (Å²) in [6.45, 7) is 5.61. The van der Waals surface area contributed by atoms with E-state index < -0.39 is 47.4 Å². The van der Waals surface area contributed by atoms with E-state index in [1.54, 1.807) is 26.2 Å². The number of ether oxygens (including phenoxy) is 3. The Balaban J connectivity index is 1.50. The predicted molar refractivity (Wildman–Crippen MR) is 145 cm³/mol. The van der Waals surface area contributed by atoms with Gasteiger partial charge in [0.2, 0.25) is 6.79 Å². The lowest BCUT2D eigenvalue weighted by Gasteiger charge is -2.49. The van der Waals surface area contributed by atoms with Crippen LogP contribution in [0.3, 0.4) is 0 Å². The molecule has 0 aliphatic carbocycles. The number of carbonyl (C=O) groups excluding carboxylic acids is 4. The molecule has 2 unspecified atom stereocenters. The van der Waals surface area contributed by atoms with Gasteiger partial charge in [-0.2, -0.15) is 0 Å². The van der Waals surface area contributed by atoms with Gasteiger partial charge in [-0.3, -0.25) is 19.3 Å². The normalized spacial score (nSPS) is 23.2. The quantitative estimate of drug-likeness (QED) is 0.137. The van der Waals surface area contributed by atoms with Gasteiger partial charge in [0.1, 0.15) is 29.9 Å². The minimum absolute atomic E-state index is 0.0796. The van der Waals surface area contributed by atoms with Gasteiger partial charge in [-0.15, -0.1) is 34.9 Å². The van der Waals surface area contributed by atoms with Crippen LogP contribution in [0.15, 0.2) is 21.1 Å². The van der Waals surface area contributed by atoms with Crippen molar-refractivity contribution < 1.29 is 38.2 Å². The van der Waals surface area contributed by atoms with Crippen LogP contribution in [0.2, 0.25) is 0 Å². The maximum atomic E-state index is 13.3. The zero-order chi connectivity index (χ0) is 28.3.